The van der Waals surface area contributed by atoms with Crippen LogP contribution in [0.25, 0.3) is 0 Å². The predicted octanol–water partition coefficient (Wildman–Crippen LogP) is 3.08. The zero-order chi connectivity index (χ0) is 13.9. The molecule has 1 aliphatic rings. The van der Waals surface area contributed by atoms with Gasteiger partial charge < -0.3 is 14.6 Å². The summed E-state index contributed by atoms with van der Waals surface area (Å²) in [6.07, 6.45) is 6.34. The van der Waals surface area contributed by atoms with E-state index in [2.05, 4.69) is 33.9 Å². The van der Waals surface area contributed by atoms with Crippen LogP contribution in [0.2, 0.25) is 0 Å². The minimum Gasteiger partial charge on any atom is -0.487 e. The topological polar surface area (TPSA) is 39.1 Å². The highest BCUT2D eigenvalue weighted by atomic mass is 16.5. The fourth-order valence-electron chi connectivity index (χ4n) is 2.32. The first kappa shape index (κ1) is 13.2. The Kier molecular flexibility index (Phi) is 3.74. The lowest BCUT2D eigenvalue weighted by Gasteiger charge is -2.13. The summed E-state index contributed by atoms with van der Waals surface area (Å²) in [6, 6.07) is 9.23. The summed E-state index contributed by atoms with van der Waals surface area (Å²) in [4.78, 5) is 4.23. The summed E-state index contributed by atoms with van der Waals surface area (Å²) in [5.41, 5.74) is 2.39. The summed E-state index contributed by atoms with van der Waals surface area (Å²) < 4.78 is 8.15. The number of ether oxygens (including phenoxy) is 1. The van der Waals surface area contributed by atoms with Crippen molar-refractivity contribution < 1.29 is 4.74 Å². The zero-order valence-electron chi connectivity index (χ0n) is 12.0. The van der Waals surface area contributed by atoms with Crippen molar-refractivity contribution in [1.29, 1.82) is 0 Å². The van der Waals surface area contributed by atoms with E-state index in [4.69, 9.17) is 4.74 Å². The molecule has 106 valence electrons. The van der Waals surface area contributed by atoms with Crippen molar-refractivity contribution in [2.24, 2.45) is 0 Å². The number of imidazole rings is 1. The highest BCUT2D eigenvalue weighted by Gasteiger charge is 2.25. The van der Waals surface area contributed by atoms with Gasteiger partial charge in [-0.05, 0) is 44.5 Å². The number of aromatic nitrogens is 2. The van der Waals surface area contributed by atoms with Gasteiger partial charge in [0, 0.05) is 12.1 Å². The average molecular weight is 271 g/mol. The Morgan fingerprint density at radius 1 is 1.45 bits per heavy atom. The smallest absolute Gasteiger partial charge is 0.130 e. The molecule has 2 aromatic rings. The molecule has 0 radical (unpaired) electrons. The highest BCUT2D eigenvalue weighted by Crippen LogP contribution is 2.35. The second-order valence-corrected chi connectivity index (χ2v) is 5.39. The molecule has 0 saturated heterocycles. The van der Waals surface area contributed by atoms with E-state index in [-0.39, 0.29) is 0 Å². The number of nitrogens with one attached hydrogen (secondary N) is 1. The minimum absolute atomic E-state index is 0.329. The van der Waals surface area contributed by atoms with E-state index in [0.717, 1.165) is 11.4 Å². The molecule has 0 aliphatic heterocycles. The van der Waals surface area contributed by atoms with Crippen LogP contribution in [0.15, 0.2) is 36.8 Å². The van der Waals surface area contributed by atoms with Crippen molar-refractivity contribution in [3.63, 3.8) is 0 Å². The predicted molar refractivity (Wildman–Crippen MR) is 78.7 cm³/mol. The first-order valence-corrected chi connectivity index (χ1v) is 7.18. The van der Waals surface area contributed by atoms with Gasteiger partial charge in [-0.15, -0.1) is 0 Å². The van der Waals surface area contributed by atoms with Crippen molar-refractivity contribution in [3.8, 4) is 5.75 Å². The van der Waals surface area contributed by atoms with Crippen molar-refractivity contribution >= 4 is 0 Å². The lowest BCUT2D eigenvalue weighted by atomic mass is 10.1. The van der Waals surface area contributed by atoms with Gasteiger partial charge in [0.2, 0.25) is 0 Å². The van der Waals surface area contributed by atoms with Crippen LogP contribution in [0.4, 0.5) is 0 Å². The highest BCUT2D eigenvalue weighted by molar-refractivity contribution is 5.30. The van der Waals surface area contributed by atoms with Crippen molar-refractivity contribution in [2.45, 2.75) is 38.5 Å². The quantitative estimate of drug-likeness (QED) is 0.877. The van der Waals surface area contributed by atoms with Crippen LogP contribution in [-0.2, 0) is 6.61 Å². The second kappa shape index (κ2) is 5.67. The SMILES string of the molecule is CNC(C)c1cccc(OCc2cncn2C2CC2)c1. The largest absolute Gasteiger partial charge is 0.487 e. The Hall–Kier alpha value is -1.81. The summed E-state index contributed by atoms with van der Waals surface area (Å²) in [6.45, 7) is 2.72. The molecule has 0 amide bonds. The maximum absolute atomic E-state index is 5.92. The second-order valence-electron chi connectivity index (χ2n) is 5.39. The van der Waals surface area contributed by atoms with E-state index in [0.29, 0.717) is 18.7 Å². The lowest BCUT2D eigenvalue weighted by Crippen LogP contribution is -2.12. The van der Waals surface area contributed by atoms with E-state index < -0.39 is 0 Å². The van der Waals surface area contributed by atoms with E-state index in [1.165, 1.54) is 18.4 Å². The standard InChI is InChI=1S/C16H21N3O/c1-12(17-2)13-4-3-5-16(8-13)20-10-15-9-18-11-19(15)14-6-7-14/h3-5,8-9,11-12,14,17H,6-7,10H2,1-2H3. The third-order valence-electron chi connectivity index (χ3n) is 3.86. The van der Waals surface area contributed by atoms with Gasteiger partial charge >= 0.3 is 0 Å². The van der Waals surface area contributed by atoms with Gasteiger partial charge in [-0.25, -0.2) is 4.98 Å². The van der Waals surface area contributed by atoms with Crippen LogP contribution in [0.3, 0.4) is 0 Å². The molecule has 3 rings (SSSR count). The van der Waals surface area contributed by atoms with Gasteiger partial charge in [0.05, 0.1) is 18.2 Å². The fraction of sp³-hybridized carbons (Fsp3) is 0.438. The number of nitrogens with zero attached hydrogens (tertiary/aromatic N) is 2. The van der Waals surface area contributed by atoms with Crippen LogP contribution in [0.5, 0.6) is 5.75 Å². The number of rotatable bonds is 6. The van der Waals surface area contributed by atoms with Gasteiger partial charge in [-0.2, -0.15) is 0 Å². The van der Waals surface area contributed by atoms with Crippen LogP contribution in [0.1, 0.15) is 43.1 Å². The number of hydrogen-bond acceptors (Lipinski definition) is 3. The minimum atomic E-state index is 0.329. The first-order valence-electron chi connectivity index (χ1n) is 7.18. The Balaban J connectivity index is 1.67. The monoisotopic (exact) mass is 271 g/mol. The van der Waals surface area contributed by atoms with Gasteiger partial charge in [-0.1, -0.05) is 12.1 Å². The van der Waals surface area contributed by atoms with Gasteiger partial charge in [0.1, 0.15) is 12.4 Å². The van der Waals surface area contributed by atoms with Gasteiger partial charge in [-0.3, -0.25) is 0 Å². The Morgan fingerprint density at radius 3 is 3.05 bits per heavy atom. The maximum atomic E-state index is 5.92. The van der Waals surface area contributed by atoms with E-state index in [1.54, 1.807) is 0 Å². The molecule has 1 fully saturated rings. The van der Waals surface area contributed by atoms with Gasteiger partial charge in [0.15, 0.2) is 0 Å². The molecule has 4 heteroatoms. The molecule has 0 bridgehead atoms. The molecule has 1 aromatic heterocycles. The molecular weight excluding hydrogens is 250 g/mol. The molecule has 1 unspecified atom stereocenters. The third-order valence-corrected chi connectivity index (χ3v) is 3.86. The number of hydrogen-bond donors (Lipinski definition) is 1. The average Bonchev–Trinajstić information content (AvgIpc) is 3.23. The zero-order valence-corrected chi connectivity index (χ0v) is 12.0. The molecule has 1 saturated carbocycles. The van der Waals surface area contributed by atoms with Crippen LogP contribution < -0.4 is 10.1 Å². The molecule has 1 N–H and O–H groups in total. The van der Waals surface area contributed by atoms with Crippen LogP contribution in [-0.4, -0.2) is 16.6 Å². The molecular formula is C16H21N3O. The molecule has 20 heavy (non-hydrogen) atoms. The Labute approximate surface area is 119 Å². The maximum Gasteiger partial charge on any atom is 0.130 e. The summed E-state index contributed by atoms with van der Waals surface area (Å²) >= 11 is 0. The van der Waals surface area contributed by atoms with E-state index in [1.807, 2.05) is 31.7 Å². The van der Waals surface area contributed by atoms with Crippen molar-refractivity contribution in [2.75, 3.05) is 7.05 Å². The van der Waals surface area contributed by atoms with E-state index in [9.17, 15) is 0 Å². The molecule has 1 aliphatic carbocycles. The summed E-state index contributed by atoms with van der Waals surface area (Å²) in [5.74, 6) is 0.910. The van der Waals surface area contributed by atoms with Gasteiger partial charge in [0.25, 0.3) is 0 Å². The molecule has 1 atom stereocenters. The van der Waals surface area contributed by atoms with Crippen LogP contribution in [0, 0.1) is 0 Å². The normalized spacial score (nSPS) is 16.1. The lowest BCUT2D eigenvalue weighted by molar-refractivity contribution is 0.294. The Morgan fingerprint density at radius 2 is 2.30 bits per heavy atom. The van der Waals surface area contributed by atoms with Crippen LogP contribution >= 0.6 is 0 Å². The third kappa shape index (κ3) is 2.85. The molecule has 1 aromatic carbocycles. The molecule has 4 nitrogen and oxygen atoms in total. The van der Waals surface area contributed by atoms with Crippen molar-refractivity contribution in [1.82, 2.24) is 14.9 Å². The van der Waals surface area contributed by atoms with Crippen molar-refractivity contribution in [3.05, 3.63) is 48.0 Å². The summed E-state index contributed by atoms with van der Waals surface area (Å²) in [5, 5.41) is 3.24. The number of benzene rings is 1. The molecule has 0 spiro atoms. The Bertz CT molecular complexity index is 575. The first-order chi connectivity index (χ1) is 9.78. The molecule has 1 heterocycles. The summed E-state index contributed by atoms with van der Waals surface area (Å²) in [7, 11) is 1.96. The van der Waals surface area contributed by atoms with E-state index >= 15 is 0 Å². The fourth-order valence-corrected chi connectivity index (χ4v) is 2.32.